The summed E-state index contributed by atoms with van der Waals surface area (Å²) >= 11 is 0. The van der Waals surface area contributed by atoms with Gasteiger partial charge in [0.15, 0.2) is 0 Å². The van der Waals surface area contributed by atoms with Crippen LogP contribution in [0.15, 0.2) is 18.2 Å². The Morgan fingerprint density at radius 1 is 1.47 bits per heavy atom. The van der Waals surface area contributed by atoms with E-state index in [9.17, 15) is 9.50 Å². The SMILES string of the molecule is CC1(O)CCN(Cc2ccc(C#CCO)cc2F)C1. The summed E-state index contributed by atoms with van der Waals surface area (Å²) in [5, 5.41) is 18.5. The van der Waals surface area contributed by atoms with E-state index in [0.29, 0.717) is 30.6 Å². The van der Waals surface area contributed by atoms with Gasteiger partial charge in [-0.2, -0.15) is 0 Å². The molecule has 0 bridgehead atoms. The number of aliphatic hydroxyl groups excluding tert-OH is 1. The highest BCUT2D eigenvalue weighted by Gasteiger charge is 2.31. The van der Waals surface area contributed by atoms with Crippen LogP contribution in [-0.4, -0.2) is 40.4 Å². The van der Waals surface area contributed by atoms with Crippen molar-refractivity contribution in [3.05, 3.63) is 35.1 Å². The van der Waals surface area contributed by atoms with E-state index in [-0.39, 0.29) is 12.4 Å². The summed E-state index contributed by atoms with van der Waals surface area (Å²) < 4.78 is 13.9. The van der Waals surface area contributed by atoms with Crippen LogP contribution in [0, 0.1) is 17.7 Å². The van der Waals surface area contributed by atoms with Crippen molar-refractivity contribution in [3.63, 3.8) is 0 Å². The first kappa shape index (κ1) is 14.0. The van der Waals surface area contributed by atoms with Gasteiger partial charge in [0.25, 0.3) is 0 Å². The number of hydrogen-bond donors (Lipinski definition) is 2. The summed E-state index contributed by atoms with van der Waals surface area (Å²) in [6, 6.07) is 4.84. The number of halogens is 1. The molecule has 102 valence electrons. The summed E-state index contributed by atoms with van der Waals surface area (Å²) in [5.74, 6) is 4.87. The van der Waals surface area contributed by atoms with Crippen molar-refractivity contribution in [2.24, 2.45) is 0 Å². The Bertz CT molecular complexity index is 517. The van der Waals surface area contributed by atoms with Crippen LogP contribution < -0.4 is 0 Å². The lowest BCUT2D eigenvalue weighted by Gasteiger charge is -2.19. The van der Waals surface area contributed by atoms with Gasteiger partial charge < -0.3 is 10.2 Å². The highest BCUT2D eigenvalue weighted by molar-refractivity contribution is 5.37. The lowest BCUT2D eigenvalue weighted by molar-refractivity contribution is 0.0677. The lowest BCUT2D eigenvalue weighted by Crippen LogP contribution is -2.29. The molecular weight excluding hydrogens is 245 g/mol. The quantitative estimate of drug-likeness (QED) is 0.786. The average Bonchev–Trinajstić information content (AvgIpc) is 2.69. The number of aliphatic hydroxyl groups is 2. The van der Waals surface area contributed by atoms with Gasteiger partial charge in [-0.05, 0) is 25.5 Å². The van der Waals surface area contributed by atoms with Crippen molar-refractivity contribution in [1.29, 1.82) is 0 Å². The van der Waals surface area contributed by atoms with Gasteiger partial charge in [0.1, 0.15) is 12.4 Å². The van der Waals surface area contributed by atoms with Crippen molar-refractivity contribution in [2.75, 3.05) is 19.7 Å². The maximum atomic E-state index is 13.9. The Labute approximate surface area is 112 Å². The molecule has 3 nitrogen and oxygen atoms in total. The highest BCUT2D eigenvalue weighted by atomic mass is 19.1. The topological polar surface area (TPSA) is 43.7 Å². The summed E-state index contributed by atoms with van der Waals surface area (Å²) in [5.41, 5.74) is 0.499. The predicted octanol–water partition coefficient (Wildman–Crippen LogP) is 1.13. The minimum Gasteiger partial charge on any atom is -0.389 e. The van der Waals surface area contributed by atoms with E-state index in [2.05, 4.69) is 11.8 Å². The van der Waals surface area contributed by atoms with Crippen LogP contribution in [0.1, 0.15) is 24.5 Å². The molecule has 1 aliphatic heterocycles. The third-order valence-corrected chi connectivity index (χ3v) is 3.29. The molecule has 1 fully saturated rings. The molecule has 1 saturated heterocycles. The van der Waals surface area contributed by atoms with Crippen molar-refractivity contribution in [3.8, 4) is 11.8 Å². The summed E-state index contributed by atoms with van der Waals surface area (Å²) in [4.78, 5) is 2.04. The molecule has 19 heavy (non-hydrogen) atoms. The standard InChI is InChI=1S/C15H18FNO2/c1-15(19)6-7-17(11-15)10-13-5-4-12(3-2-8-18)9-14(13)16/h4-5,9,18-19H,6-8,10-11H2,1H3. The fraction of sp³-hybridized carbons (Fsp3) is 0.467. The molecule has 4 heteroatoms. The Balaban J connectivity index is 2.06. The van der Waals surface area contributed by atoms with Gasteiger partial charge in [-0.15, -0.1) is 0 Å². The van der Waals surface area contributed by atoms with Gasteiger partial charge in [0.05, 0.1) is 5.60 Å². The van der Waals surface area contributed by atoms with E-state index in [0.717, 1.165) is 6.54 Å². The van der Waals surface area contributed by atoms with Crippen LogP contribution in [0.5, 0.6) is 0 Å². The highest BCUT2D eigenvalue weighted by Crippen LogP contribution is 2.23. The number of likely N-dealkylation sites (tertiary alicyclic amines) is 1. The Morgan fingerprint density at radius 2 is 2.26 bits per heavy atom. The molecule has 0 amide bonds. The fourth-order valence-electron chi connectivity index (χ4n) is 2.31. The molecule has 1 aromatic rings. The second-order valence-corrected chi connectivity index (χ2v) is 5.22. The number of hydrogen-bond acceptors (Lipinski definition) is 3. The van der Waals surface area contributed by atoms with Crippen LogP contribution in [0.2, 0.25) is 0 Å². The van der Waals surface area contributed by atoms with Crippen molar-refractivity contribution < 1.29 is 14.6 Å². The van der Waals surface area contributed by atoms with Gasteiger partial charge in [-0.25, -0.2) is 4.39 Å². The van der Waals surface area contributed by atoms with E-state index in [1.165, 1.54) is 6.07 Å². The number of rotatable bonds is 2. The zero-order valence-electron chi connectivity index (χ0n) is 11.0. The van der Waals surface area contributed by atoms with Crippen LogP contribution in [-0.2, 0) is 6.54 Å². The second-order valence-electron chi connectivity index (χ2n) is 5.22. The first-order chi connectivity index (χ1) is 9.00. The molecule has 0 radical (unpaired) electrons. The normalized spacial score (nSPS) is 23.2. The summed E-state index contributed by atoms with van der Waals surface area (Å²) in [6.07, 6.45) is 0.717. The molecule has 1 heterocycles. The van der Waals surface area contributed by atoms with E-state index >= 15 is 0 Å². The molecular formula is C15H18FNO2. The first-order valence-corrected chi connectivity index (χ1v) is 6.33. The van der Waals surface area contributed by atoms with Crippen LogP contribution in [0.3, 0.4) is 0 Å². The maximum absolute atomic E-state index is 13.9. The Kier molecular flexibility index (Phi) is 4.20. The summed E-state index contributed by atoms with van der Waals surface area (Å²) in [7, 11) is 0. The van der Waals surface area contributed by atoms with Gasteiger partial charge >= 0.3 is 0 Å². The molecule has 1 aromatic carbocycles. The molecule has 0 aromatic heterocycles. The Morgan fingerprint density at radius 3 is 2.84 bits per heavy atom. The molecule has 0 spiro atoms. The van der Waals surface area contributed by atoms with E-state index < -0.39 is 5.60 Å². The van der Waals surface area contributed by atoms with Crippen molar-refractivity contribution >= 4 is 0 Å². The van der Waals surface area contributed by atoms with Crippen molar-refractivity contribution in [1.82, 2.24) is 4.90 Å². The molecule has 2 N–H and O–H groups in total. The number of benzene rings is 1. The maximum Gasteiger partial charge on any atom is 0.128 e. The molecule has 2 rings (SSSR count). The first-order valence-electron chi connectivity index (χ1n) is 6.33. The summed E-state index contributed by atoms with van der Waals surface area (Å²) in [6.45, 7) is 3.41. The van der Waals surface area contributed by atoms with Crippen LogP contribution >= 0.6 is 0 Å². The minimum atomic E-state index is -0.664. The third kappa shape index (κ3) is 3.77. The molecule has 0 saturated carbocycles. The van der Waals surface area contributed by atoms with Crippen LogP contribution in [0.25, 0.3) is 0 Å². The lowest BCUT2D eigenvalue weighted by atomic mass is 10.1. The smallest absolute Gasteiger partial charge is 0.128 e. The van der Waals surface area contributed by atoms with E-state index in [1.54, 1.807) is 19.1 Å². The molecule has 1 aliphatic rings. The predicted molar refractivity (Wildman–Crippen MR) is 70.9 cm³/mol. The Hall–Kier alpha value is -1.41. The fourth-order valence-corrected chi connectivity index (χ4v) is 2.31. The molecule has 0 aliphatic carbocycles. The second kappa shape index (κ2) is 5.70. The largest absolute Gasteiger partial charge is 0.389 e. The third-order valence-electron chi connectivity index (χ3n) is 3.29. The number of nitrogens with zero attached hydrogens (tertiary/aromatic N) is 1. The van der Waals surface area contributed by atoms with Crippen LogP contribution in [0.4, 0.5) is 4.39 Å². The number of β-amino-alcohol motifs (C(OH)–C–C–N with tert-alkyl or cyclic N) is 1. The minimum absolute atomic E-state index is 0.230. The molecule has 1 atom stereocenters. The monoisotopic (exact) mass is 263 g/mol. The van der Waals surface area contributed by atoms with Gasteiger partial charge in [0, 0.05) is 30.8 Å². The molecule has 1 unspecified atom stereocenters. The van der Waals surface area contributed by atoms with Gasteiger partial charge in [0.2, 0.25) is 0 Å². The van der Waals surface area contributed by atoms with Crippen molar-refractivity contribution in [2.45, 2.75) is 25.5 Å². The van der Waals surface area contributed by atoms with Gasteiger partial charge in [-0.3, -0.25) is 4.90 Å². The zero-order chi connectivity index (χ0) is 13.9. The van der Waals surface area contributed by atoms with Gasteiger partial charge in [-0.1, -0.05) is 17.9 Å². The zero-order valence-corrected chi connectivity index (χ0v) is 11.0. The average molecular weight is 263 g/mol. The van der Waals surface area contributed by atoms with E-state index in [1.807, 2.05) is 4.90 Å². The van der Waals surface area contributed by atoms with E-state index in [4.69, 9.17) is 5.11 Å².